The molecule has 0 bridgehead atoms. The van der Waals surface area contributed by atoms with Crippen molar-refractivity contribution in [3.63, 3.8) is 0 Å². The van der Waals surface area contributed by atoms with Crippen LogP contribution in [0.3, 0.4) is 0 Å². The molecule has 0 N–H and O–H groups in total. The molecule has 4 heteroatoms. The number of rotatable bonds is 4. The van der Waals surface area contributed by atoms with Crippen molar-refractivity contribution in [2.24, 2.45) is 0 Å². The summed E-state index contributed by atoms with van der Waals surface area (Å²) < 4.78 is 4.90. The van der Waals surface area contributed by atoms with Gasteiger partial charge in [0.05, 0.1) is 50.2 Å². The van der Waals surface area contributed by atoms with Crippen molar-refractivity contribution in [2.75, 3.05) is 0 Å². The molecule has 0 aliphatic carbocycles. The maximum Gasteiger partial charge on any atom is 0.0973 e. The highest BCUT2D eigenvalue weighted by Crippen LogP contribution is 2.42. The summed E-state index contributed by atoms with van der Waals surface area (Å²) in [6.07, 6.45) is 0. The monoisotopic (exact) mass is 862 g/mol. The SMILES string of the molecule is c1cc(-n2c3ccccc3c3cc4ccc(-n5c6ccccc6c6c7ccccc7ccc65)cc4cc32)c2ccc(-c3nc4ccccc4nc3-c3ccc4ccc5ccccc5c4c3)cc2c1. The van der Waals surface area contributed by atoms with E-state index in [4.69, 9.17) is 9.97 Å². The van der Waals surface area contributed by atoms with Crippen LogP contribution in [0.1, 0.15) is 0 Å². The first kappa shape index (κ1) is 37.1. The van der Waals surface area contributed by atoms with Gasteiger partial charge < -0.3 is 9.13 Å². The highest BCUT2D eigenvalue weighted by Gasteiger charge is 2.20. The third-order valence-corrected chi connectivity index (χ3v) is 14.4. The Labute approximate surface area is 390 Å². The van der Waals surface area contributed by atoms with Gasteiger partial charge in [-0.2, -0.15) is 0 Å². The van der Waals surface area contributed by atoms with E-state index >= 15 is 0 Å². The van der Waals surface area contributed by atoms with Crippen LogP contribution in [-0.4, -0.2) is 19.1 Å². The highest BCUT2D eigenvalue weighted by molar-refractivity contribution is 6.22. The number of para-hydroxylation sites is 4. The zero-order valence-corrected chi connectivity index (χ0v) is 36.7. The lowest BCUT2D eigenvalue weighted by molar-refractivity contribution is 1.18. The van der Waals surface area contributed by atoms with Gasteiger partial charge in [0.1, 0.15) is 0 Å². The van der Waals surface area contributed by atoms with Crippen molar-refractivity contribution in [1.82, 2.24) is 19.1 Å². The van der Waals surface area contributed by atoms with Crippen molar-refractivity contribution in [3.05, 3.63) is 231 Å². The number of benzene rings is 12. The van der Waals surface area contributed by atoms with Gasteiger partial charge in [-0.1, -0.05) is 158 Å². The topological polar surface area (TPSA) is 35.6 Å². The second-order valence-corrected chi connectivity index (χ2v) is 18.1. The first-order valence-corrected chi connectivity index (χ1v) is 23.3. The van der Waals surface area contributed by atoms with E-state index in [1.54, 1.807) is 0 Å². The molecule has 68 heavy (non-hydrogen) atoms. The van der Waals surface area contributed by atoms with E-state index in [1.165, 1.54) is 86.7 Å². The van der Waals surface area contributed by atoms with E-state index in [1.807, 2.05) is 12.1 Å². The number of aromatic nitrogens is 4. The van der Waals surface area contributed by atoms with Gasteiger partial charge >= 0.3 is 0 Å². The fourth-order valence-corrected chi connectivity index (χ4v) is 11.3. The Morgan fingerprint density at radius 2 is 0.853 bits per heavy atom. The van der Waals surface area contributed by atoms with Crippen LogP contribution < -0.4 is 0 Å². The molecule has 314 valence electrons. The average Bonchev–Trinajstić information content (AvgIpc) is 3.91. The van der Waals surface area contributed by atoms with Crippen LogP contribution in [0.25, 0.3) is 142 Å². The minimum Gasteiger partial charge on any atom is -0.309 e. The average molecular weight is 863 g/mol. The Hall–Kier alpha value is -9.12. The van der Waals surface area contributed by atoms with Crippen molar-refractivity contribution in [1.29, 1.82) is 0 Å². The van der Waals surface area contributed by atoms with Crippen LogP contribution in [-0.2, 0) is 0 Å². The summed E-state index contributed by atoms with van der Waals surface area (Å²) >= 11 is 0. The lowest BCUT2D eigenvalue weighted by atomic mass is 9.96. The van der Waals surface area contributed by atoms with Gasteiger partial charge in [0.25, 0.3) is 0 Å². The fourth-order valence-electron chi connectivity index (χ4n) is 11.3. The van der Waals surface area contributed by atoms with Gasteiger partial charge in [0, 0.05) is 43.7 Å². The Balaban J connectivity index is 0.914. The van der Waals surface area contributed by atoms with Crippen LogP contribution in [0.15, 0.2) is 231 Å². The maximum atomic E-state index is 5.36. The van der Waals surface area contributed by atoms with Crippen LogP contribution in [0.2, 0.25) is 0 Å². The minimum absolute atomic E-state index is 0.867. The largest absolute Gasteiger partial charge is 0.309 e. The molecule has 15 aromatic rings. The standard InChI is InChI=1S/C64H38N4/c1-3-15-48-39(12-1)24-25-41-26-27-45(37-53(41)48)64-63(65-55-19-7-8-20-56(55)66-64)44-29-32-49-43(34-44)14-11-23-57(49)68-58-21-9-5-17-51(58)54-36-42-28-31-47(35-46(42)38-61(54)68)67-59-22-10-6-18-52(59)62-50-16-4-2-13-40(50)30-33-60(62)67/h1-38H. The molecule has 0 amide bonds. The molecule has 0 aliphatic heterocycles. The Bertz CT molecular complexity index is 4630. The summed E-state index contributed by atoms with van der Waals surface area (Å²) in [5, 5.41) is 17.1. The lowest BCUT2D eigenvalue weighted by Gasteiger charge is -2.15. The molecule has 4 nitrogen and oxygen atoms in total. The van der Waals surface area contributed by atoms with Crippen molar-refractivity contribution >= 4 is 109 Å². The van der Waals surface area contributed by atoms with Gasteiger partial charge in [-0.15, -0.1) is 0 Å². The van der Waals surface area contributed by atoms with Crippen molar-refractivity contribution in [3.8, 4) is 33.9 Å². The predicted molar refractivity (Wildman–Crippen MR) is 287 cm³/mol. The van der Waals surface area contributed by atoms with Crippen LogP contribution in [0.4, 0.5) is 0 Å². The van der Waals surface area contributed by atoms with E-state index in [0.29, 0.717) is 0 Å². The third kappa shape index (κ3) is 5.43. The zero-order valence-electron chi connectivity index (χ0n) is 36.7. The first-order chi connectivity index (χ1) is 33.7. The third-order valence-electron chi connectivity index (χ3n) is 14.4. The minimum atomic E-state index is 0.867. The van der Waals surface area contributed by atoms with Crippen LogP contribution >= 0.6 is 0 Å². The Morgan fingerprint density at radius 3 is 1.66 bits per heavy atom. The van der Waals surface area contributed by atoms with Gasteiger partial charge in [-0.3, -0.25) is 0 Å². The van der Waals surface area contributed by atoms with Gasteiger partial charge in [-0.05, 0) is 121 Å². The summed E-state index contributed by atoms with van der Waals surface area (Å²) in [7, 11) is 0. The second kappa shape index (κ2) is 14.2. The van der Waals surface area contributed by atoms with Crippen LogP contribution in [0, 0.1) is 0 Å². The number of nitrogens with zero attached hydrogens (tertiary/aromatic N) is 4. The number of fused-ring (bicyclic) bond motifs is 14. The first-order valence-electron chi connectivity index (χ1n) is 23.3. The van der Waals surface area contributed by atoms with E-state index in [0.717, 1.165) is 55.7 Å². The molecule has 0 radical (unpaired) electrons. The summed E-state index contributed by atoms with van der Waals surface area (Å²) in [5.41, 5.74) is 12.6. The molecule has 3 aromatic heterocycles. The van der Waals surface area contributed by atoms with Gasteiger partial charge in [0.15, 0.2) is 0 Å². The lowest BCUT2D eigenvalue weighted by Crippen LogP contribution is -1.97. The van der Waals surface area contributed by atoms with Gasteiger partial charge in [-0.25, -0.2) is 9.97 Å². The molecule has 15 rings (SSSR count). The summed E-state index contributed by atoms with van der Waals surface area (Å²) in [4.78, 5) is 10.7. The molecule has 0 saturated carbocycles. The quantitative estimate of drug-likeness (QED) is 0.165. The number of hydrogen-bond donors (Lipinski definition) is 0. The van der Waals surface area contributed by atoms with Crippen molar-refractivity contribution in [2.45, 2.75) is 0 Å². The van der Waals surface area contributed by atoms with E-state index in [-0.39, 0.29) is 0 Å². The fraction of sp³-hybridized carbons (Fsp3) is 0. The molecule has 0 spiro atoms. The molecule has 3 heterocycles. The number of hydrogen-bond acceptors (Lipinski definition) is 2. The molecule has 0 aliphatic rings. The molecular formula is C64H38N4. The summed E-state index contributed by atoms with van der Waals surface area (Å²) in [6.45, 7) is 0. The molecule has 0 saturated heterocycles. The Morgan fingerprint density at radius 1 is 0.265 bits per heavy atom. The summed E-state index contributed by atoms with van der Waals surface area (Å²) in [5.74, 6) is 0. The second-order valence-electron chi connectivity index (χ2n) is 18.1. The molecule has 0 unspecified atom stereocenters. The predicted octanol–water partition coefficient (Wildman–Crippen LogP) is 16.9. The summed E-state index contributed by atoms with van der Waals surface area (Å²) in [6, 6.07) is 84.0. The zero-order chi connectivity index (χ0) is 44.5. The molecule has 0 atom stereocenters. The normalized spacial score (nSPS) is 12.1. The van der Waals surface area contributed by atoms with Crippen molar-refractivity contribution < 1.29 is 0 Å². The van der Waals surface area contributed by atoms with E-state index < -0.39 is 0 Å². The van der Waals surface area contributed by atoms with Crippen LogP contribution in [0.5, 0.6) is 0 Å². The van der Waals surface area contributed by atoms with Gasteiger partial charge in [0.2, 0.25) is 0 Å². The molecule has 0 fully saturated rings. The Kier molecular flexibility index (Phi) is 7.75. The van der Waals surface area contributed by atoms with E-state index in [2.05, 4.69) is 228 Å². The highest BCUT2D eigenvalue weighted by atomic mass is 15.0. The maximum absolute atomic E-state index is 5.36. The van der Waals surface area contributed by atoms with E-state index in [9.17, 15) is 0 Å². The molecule has 12 aromatic carbocycles. The molecular weight excluding hydrogens is 825 g/mol. The smallest absolute Gasteiger partial charge is 0.0973 e.